The molecule has 2 aliphatic rings. The largest absolute Gasteiger partial charge is 0.355 e. The van der Waals surface area contributed by atoms with Crippen LogP contribution in [0.2, 0.25) is 0 Å². The Hall–Kier alpha value is -0.160. The molecule has 0 aromatic heterocycles. The Labute approximate surface area is 111 Å². The van der Waals surface area contributed by atoms with Gasteiger partial charge in [-0.25, -0.2) is 0 Å². The molecular weight excluding hydrogens is 228 g/mol. The van der Waals surface area contributed by atoms with Gasteiger partial charge < -0.3 is 14.8 Å². The quantitative estimate of drug-likeness (QED) is 0.783. The molecule has 0 spiro atoms. The van der Waals surface area contributed by atoms with Crippen LogP contribution in [-0.4, -0.2) is 56.6 Å². The average molecular weight is 256 g/mol. The Bertz CT molecular complexity index is 194. The lowest BCUT2D eigenvalue weighted by atomic mass is 10.0. The lowest BCUT2D eigenvalue weighted by Gasteiger charge is -2.33. The summed E-state index contributed by atoms with van der Waals surface area (Å²) in [6.07, 6.45) is 6.68. The summed E-state index contributed by atoms with van der Waals surface area (Å²) in [4.78, 5) is 2.57. The second-order valence-corrected chi connectivity index (χ2v) is 5.51. The molecule has 2 fully saturated rings. The summed E-state index contributed by atoms with van der Waals surface area (Å²) in [5.74, 6) is 0. The van der Waals surface area contributed by atoms with Crippen LogP contribution in [0.15, 0.2) is 0 Å². The van der Waals surface area contributed by atoms with Crippen LogP contribution < -0.4 is 5.32 Å². The molecule has 2 unspecified atom stereocenters. The Kier molecular flexibility index (Phi) is 6.41. The predicted octanol–water partition coefficient (Wildman–Crippen LogP) is 1.60. The van der Waals surface area contributed by atoms with Crippen LogP contribution in [0.4, 0.5) is 0 Å². The van der Waals surface area contributed by atoms with Crippen molar-refractivity contribution in [3.63, 3.8) is 0 Å². The van der Waals surface area contributed by atoms with Crippen molar-refractivity contribution >= 4 is 0 Å². The van der Waals surface area contributed by atoms with E-state index in [9.17, 15) is 0 Å². The van der Waals surface area contributed by atoms with Gasteiger partial charge in [0.15, 0.2) is 0 Å². The Morgan fingerprint density at radius 1 is 1.22 bits per heavy atom. The molecule has 106 valence electrons. The van der Waals surface area contributed by atoms with E-state index in [1.165, 1.54) is 45.3 Å². The van der Waals surface area contributed by atoms with Crippen LogP contribution in [-0.2, 0) is 9.47 Å². The average Bonchev–Trinajstić information content (AvgIpc) is 2.41. The van der Waals surface area contributed by atoms with Gasteiger partial charge in [-0.15, -0.1) is 0 Å². The van der Waals surface area contributed by atoms with Crippen molar-refractivity contribution in [3.8, 4) is 0 Å². The number of piperidine rings is 1. The van der Waals surface area contributed by atoms with Gasteiger partial charge in [-0.05, 0) is 38.8 Å². The highest BCUT2D eigenvalue weighted by Crippen LogP contribution is 2.12. The topological polar surface area (TPSA) is 33.7 Å². The Morgan fingerprint density at radius 3 is 2.83 bits per heavy atom. The van der Waals surface area contributed by atoms with E-state index < -0.39 is 0 Å². The third kappa shape index (κ3) is 4.84. The first-order valence-corrected chi connectivity index (χ1v) is 7.53. The Morgan fingerprint density at radius 2 is 2.17 bits per heavy atom. The zero-order valence-corrected chi connectivity index (χ0v) is 11.7. The van der Waals surface area contributed by atoms with Gasteiger partial charge in [0.25, 0.3) is 0 Å². The highest BCUT2D eigenvalue weighted by atomic mass is 16.7. The molecule has 2 saturated heterocycles. The van der Waals surface area contributed by atoms with Gasteiger partial charge in [0.05, 0.1) is 12.7 Å². The van der Waals surface area contributed by atoms with Crippen molar-refractivity contribution in [2.24, 2.45) is 0 Å². The van der Waals surface area contributed by atoms with E-state index in [4.69, 9.17) is 9.47 Å². The fourth-order valence-electron chi connectivity index (χ4n) is 2.90. The smallest absolute Gasteiger partial charge is 0.147 e. The first-order valence-electron chi connectivity index (χ1n) is 7.53. The lowest BCUT2D eigenvalue weighted by molar-refractivity contribution is -0.144. The molecule has 18 heavy (non-hydrogen) atoms. The lowest BCUT2D eigenvalue weighted by Crippen LogP contribution is -2.47. The molecule has 2 heterocycles. The summed E-state index contributed by atoms with van der Waals surface area (Å²) >= 11 is 0. The van der Waals surface area contributed by atoms with Crippen LogP contribution in [0.5, 0.6) is 0 Å². The molecule has 2 aliphatic heterocycles. The SMILES string of the molecule is CCCN(CC1CCCCN1)CC1CCOCO1. The number of hydrogen-bond acceptors (Lipinski definition) is 4. The maximum Gasteiger partial charge on any atom is 0.147 e. The Balaban J connectivity index is 1.74. The molecule has 1 N–H and O–H groups in total. The van der Waals surface area contributed by atoms with Crippen molar-refractivity contribution in [2.75, 3.05) is 39.6 Å². The number of rotatable bonds is 6. The van der Waals surface area contributed by atoms with Crippen molar-refractivity contribution in [1.82, 2.24) is 10.2 Å². The molecule has 0 aromatic carbocycles. The molecule has 0 aromatic rings. The van der Waals surface area contributed by atoms with E-state index in [0.717, 1.165) is 19.6 Å². The summed E-state index contributed by atoms with van der Waals surface area (Å²) in [5.41, 5.74) is 0. The second-order valence-electron chi connectivity index (χ2n) is 5.51. The highest BCUT2D eigenvalue weighted by Gasteiger charge is 2.21. The standard InChI is InChI=1S/C14H28N2O2/c1-2-8-16(10-13-5-3-4-7-15-13)11-14-6-9-17-12-18-14/h13-15H,2-12H2,1H3. The molecule has 2 atom stereocenters. The van der Waals surface area contributed by atoms with Gasteiger partial charge in [-0.3, -0.25) is 4.90 Å². The van der Waals surface area contributed by atoms with Crippen LogP contribution in [0.25, 0.3) is 0 Å². The third-order valence-electron chi connectivity index (χ3n) is 3.86. The molecule has 0 bridgehead atoms. The summed E-state index contributed by atoms with van der Waals surface area (Å²) in [6, 6.07) is 0.685. The molecule has 4 nitrogen and oxygen atoms in total. The maximum absolute atomic E-state index is 5.66. The van der Waals surface area contributed by atoms with E-state index in [1.807, 2.05) is 0 Å². The van der Waals surface area contributed by atoms with Gasteiger partial charge in [0, 0.05) is 19.1 Å². The van der Waals surface area contributed by atoms with Gasteiger partial charge in [-0.1, -0.05) is 13.3 Å². The minimum absolute atomic E-state index is 0.369. The fourth-order valence-corrected chi connectivity index (χ4v) is 2.90. The molecule has 0 radical (unpaired) electrons. The number of ether oxygens (including phenoxy) is 2. The van der Waals surface area contributed by atoms with E-state index in [2.05, 4.69) is 17.1 Å². The first kappa shape index (κ1) is 14.3. The van der Waals surface area contributed by atoms with E-state index in [0.29, 0.717) is 18.9 Å². The summed E-state index contributed by atoms with van der Waals surface area (Å²) < 4.78 is 10.9. The summed E-state index contributed by atoms with van der Waals surface area (Å²) in [5, 5.41) is 3.64. The zero-order chi connectivity index (χ0) is 12.6. The van der Waals surface area contributed by atoms with Gasteiger partial charge in [0.2, 0.25) is 0 Å². The molecule has 2 rings (SSSR count). The zero-order valence-electron chi connectivity index (χ0n) is 11.7. The third-order valence-corrected chi connectivity index (χ3v) is 3.86. The summed E-state index contributed by atoms with van der Waals surface area (Å²) in [6.45, 7) is 8.20. The van der Waals surface area contributed by atoms with Gasteiger partial charge in [0.1, 0.15) is 6.79 Å². The fraction of sp³-hybridized carbons (Fsp3) is 1.00. The van der Waals surface area contributed by atoms with Crippen LogP contribution >= 0.6 is 0 Å². The maximum atomic E-state index is 5.66. The number of nitrogens with one attached hydrogen (secondary N) is 1. The van der Waals surface area contributed by atoms with Crippen molar-refractivity contribution in [2.45, 2.75) is 51.2 Å². The van der Waals surface area contributed by atoms with Crippen LogP contribution in [0, 0.1) is 0 Å². The number of nitrogens with zero attached hydrogens (tertiary/aromatic N) is 1. The number of hydrogen-bond donors (Lipinski definition) is 1. The van der Waals surface area contributed by atoms with Crippen molar-refractivity contribution < 1.29 is 9.47 Å². The van der Waals surface area contributed by atoms with Gasteiger partial charge in [-0.2, -0.15) is 0 Å². The van der Waals surface area contributed by atoms with Gasteiger partial charge >= 0.3 is 0 Å². The van der Waals surface area contributed by atoms with Crippen molar-refractivity contribution in [1.29, 1.82) is 0 Å². The first-order chi connectivity index (χ1) is 8.88. The van der Waals surface area contributed by atoms with E-state index in [1.54, 1.807) is 0 Å². The minimum atomic E-state index is 0.369. The summed E-state index contributed by atoms with van der Waals surface area (Å²) in [7, 11) is 0. The molecule has 0 amide bonds. The van der Waals surface area contributed by atoms with E-state index in [-0.39, 0.29) is 0 Å². The highest BCUT2D eigenvalue weighted by molar-refractivity contribution is 4.78. The second kappa shape index (κ2) is 8.10. The molecular formula is C14H28N2O2. The van der Waals surface area contributed by atoms with E-state index >= 15 is 0 Å². The monoisotopic (exact) mass is 256 g/mol. The normalized spacial score (nSPS) is 29.7. The predicted molar refractivity (Wildman–Crippen MR) is 72.7 cm³/mol. The molecule has 0 aliphatic carbocycles. The molecule has 4 heteroatoms. The van der Waals surface area contributed by atoms with Crippen molar-refractivity contribution in [3.05, 3.63) is 0 Å². The van der Waals surface area contributed by atoms with Crippen LogP contribution in [0.3, 0.4) is 0 Å². The van der Waals surface area contributed by atoms with Crippen LogP contribution in [0.1, 0.15) is 39.0 Å². The molecule has 0 saturated carbocycles. The minimum Gasteiger partial charge on any atom is -0.355 e.